The van der Waals surface area contributed by atoms with E-state index in [1.807, 2.05) is 0 Å². The molecule has 0 fully saturated rings. The van der Waals surface area contributed by atoms with E-state index in [1.165, 1.54) is 6.42 Å². The minimum absolute atomic E-state index is 0. The van der Waals surface area contributed by atoms with Crippen LogP contribution in [0.25, 0.3) is 0 Å². The summed E-state index contributed by atoms with van der Waals surface area (Å²) < 4.78 is 21.9. The van der Waals surface area contributed by atoms with Gasteiger partial charge < -0.3 is 13.9 Å². The summed E-state index contributed by atoms with van der Waals surface area (Å²) >= 11 is 0. The van der Waals surface area contributed by atoms with Crippen LogP contribution in [0.1, 0.15) is 87.5 Å². The van der Waals surface area contributed by atoms with E-state index in [0.717, 1.165) is 19.3 Å². The normalized spacial score (nSPS) is 17.7. The molecule has 3 atom stereocenters. The average Bonchev–Trinajstić information content (AvgIpc) is 2.21. The van der Waals surface area contributed by atoms with Gasteiger partial charge in [-0.05, 0) is 42.9 Å². The van der Waals surface area contributed by atoms with Gasteiger partial charge in [0.05, 0.1) is 12.7 Å². The molecule has 0 saturated carbocycles. The molecule has 0 heterocycles. The summed E-state index contributed by atoms with van der Waals surface area (Å²) in [6, 6.07) is 0. The molecule has 0 aliphatic rings. The number of hydrogen-bond donors (Lipinski definition) is 0. The zero-order valence-corrected chi connectivity index (χ0v) is 20.4. The Morgan fingerprint density at radius 3 is 1.92 bits per heavy atom. The molecule has 0 amide bonds. The summed E-state index contributed by atoms with van der Waals surface area (Å²) in [7, 11) is -4.18. The largest absolute Gasteiger partial charge is 1.00 e. The SMILES string of the molecule is CC(CCCCOP(=O)([O-])OC(C)CC(C)(C)C)CC(C)(C)C.[Na+]. The molecule has 0 rings (SSSR count). The van der Waals surface area contributed by atoms with Crippen LogP contribution in [0.3, 0.4) is 0 Å². The van der Waals surface area contributed by atoms with Gasteiger partial charge in [0.2, 0.25) is 0 Å². The van der Waals surface area contributed by atoms with Crippen LogP contribution < -0.4 is 34.5 Å². The maximum atomic E-state index is 11.8. The predicted octanol–water partition coefficient (Wildman–Crippen LogP) is 2.56. The summed E-state index contributed by atoms with van der Waals surface area (Å²) in [6.07, 6.45) is 4.33. The molecule has 140 valence electrons. The molecule has 4 nitrogen and oxygen atoms in total. The van der Waals surface area contributed by atoms with Gasteiger partial charge >= 0.3 is 29.6 Å². The standard InChI is InChI=1S/C18H39O4P.Na/c1-15(13-17(3,4)5)11-9-10-12-21-23(19,20)22-16(2)14-18(6,7)8;/h15-16H,9-14H2,1-8H3,(H,19,20);/q;+1/p-1. The summed E-state index contributed by atoms with van der Waals surface area (Å²) in [6.45, 7) is 17.1. The minimum Gasteiger partial charge on any atom is -0.756 e. The van der Waals surface area contributed by atoms with Crippen molar-refractivity contribution in [1.29, 1.82) is 0 Å². The van der Waals surface area contributed by atoms with E-state index in [4.69, 9.17) is 9.05 Å². The van der Waals surface area contributed by atoms with Crippen LogP contribution in [-0.2, 0) is 13.6 Å². The fourth-order valence-corrected chi connectivity index (χ4v) is 4.00. The predicted molar refractivity (Wildman–Crippen MR) is 95.3 cm³/mol. The van der Waals surface area contributed by atoms with Gasteiger partial charge in [0.15, 0.2) is 0 Å². The Morgan fingerprint density at radius 1 is 0.958 bits per heavy atom. The third kappa shape index (κ3) is 17.9. The van der Waals surface area contributed by atoms with Gasteiger partial charge in [-0.3, -0.25) is 4.57 Å². The minimum atomic E-state index is -4.18. The summed E-state index contributed by atoms with van der Waals surface area (Å²) in [5.74, 6) is 0.650. The van der Waals surface area contributed by atoms with E-state index in [-0.39, 0.29) is 47.7 Å². The van der Waals surface area contributed by atoms with E-state index >= 15 is 0 Å². The molecule has 0 aliphatic heterocycles. The Balaban J connectivity index is 0. The summed E-state index contributed by atoms with van der Waals surface area (Å²) in [5, 5.41) is 0. The van der Waals surface area contributed by atoms with Gasteiger partial charge in [-0.25, -0.2) is 0 Å². The molecule has 0 N–H and O–H groups in total. The zero-order chi connectivity index (χ0) is 18.3. The van der Waals surface area contributed by atoms with E-state index < -0.39 is 7.82 Å². The third-order valence-electron chi connectivity index (χ3n) is 3.51. The molecule has 24 heavy (non-hydrogen) atoms. The molecule has 0 aliphatic carbocycles. The number of hydrogen-bond acceptors (Lipinski definition) is 4. The average molecular weight is 372 g/mol. The number of phosphoric acid groups is 1. The first-order valence-electron chi connectivity index (χ1n) is 8.84. The molecule has 3 unspecified atom stereocenters. The van der Waals surface area contributed by atoms with E-state index in [0.29, 0.717) is 17.8 Å². The maximum absolute atomic E-state index is 11.8. The number of rotatable bonds is 10. The van der Waals surface area contributed by atoms with Crippen molar-refractivity contribution in [3.63, 3.8) is 0 Å². The molecular formula is C18H38NaO4P. The third-order valence-corrected chi connectivity index (χ3v) is 4.63. The Bertz CT molecular complexity index is 374. The molecule has 6 heteroatoms. The molecule has 0 aromatic heterocycles. The first-order chi connectivity index (χ1) is 10.2. The van der Waals surface area contributed by atoms with Gasteiger partial charge in [-0.1, -0.05) is 61.3 Å². The molecule has 0 saturated heterocycles. The first-order valence-corrected chi connectivity index (χ1v) is 10.3. The van der Waals surface area contributed by atoms with Crippen LogP contribution in [0.4, 0.5) is 0 Å². The fraction of sp³-hybridized carbons (Fsp3) is 1.00. The number of phosphoric ester groups is 1. The van der Waals surface area contributed by atoms with Crippen molar-refractivity contribution in [3.8, 4) is 0 Å². The van der Waals surface area contributed by atoms with Crippen LogP contribution in [0, 0.1) is 16.7 Å². The molecular weight excluding hydrogens is 334 g/mol. The molecule has 0 aromatic rings. The van der Waals surface area contributed by atoms with Crippen LogP contribution in [0.5, 0.6) is 0 Å². The smallest absolute Gasteiger partial charge is 0.756 e. The summed E-state index contributed by atoms with van der Waals surface area (Å²) in [5.41, 5.74) is 0.375. The van der Waals surface area contributed by atoms with Crippen molar-refractivity contribution >= 4 is 7.82 Å². The number of unbranched alkanes of at least 4 members (excludes halogenated alkanes) is 1. The second kappa shape index (κ2) is 11.7. The van der Waals surface area contributed by atoms with Gasteiger partial charge in [-0.2, -0.15) is 0 Å². The fourth-order valence-electron chi connectivity index (χ4n) is 3.07. The Kier molecular flexibility index (Phi) is 13.4. The zero-order valence-electron chi connectivity index (χ0n) is 17.5. The van der Waals surface area contributed by atoms with Gasteiger partial charge in [-0.15, -0.1) is 0 Å². The quantitative estimate of drug-likeness (QED) is 0.336. The van der Waals surface area contributed by atoms with Crippen LogP contribution in [-0.4, -0.2) is 12.7 Å². The van der Waals surface area contributed by atoms with Crippen molar-refractivity contribution in [2.24, 2.45) is 16.7 Å². The van der Waals surface area contributed by atoms with E-state index in [2.05, 4.69) is 48.5 Å². The van der Waals surface area contributed by atoms with Gasteiger partial charge in [0, 0.05) is 0 Å². The van der Waals surface area contributed by atoms with Crippen molar-refractivity contribution in [2.45, 2.75) is 93.6 Å². The van der Waals surface area contributed by atoms with Crippen LogP contribution in [0.2, 0.25) is 0 Å². The van der Waals surface area contributed by atoms with Gasteiger partial charge in [0.1, 0.15) is 0 Å². The van der Waals surface area contributed by atoms with E-state index in [9.17, 15) is 9.46 Å². The molecule has 0 radical (unpaired) electrons. The molecule has 0 spiro atoms. The van der Waals surface area contributed by atoms with Crippen molar-refractivity contribution < 1.29 is 48.1 Å². The molecule has 0 aromatic carbocycles. The molecule has 0 bridgehead atoms. The van der Waals surface area contributed by atoms with Gasteiger partial charge in [0.25, 0.3) is 7.82 Å². The second-order valence-corrected chi connectivity index (χ2v) is 10.7. The second-order valence-electron chi connectivity index (χ2n) is 9.33. The van der Waals surface area contributed by atoms with Crippen molar-refractivity contribution in [2.75, 3.05) is 6.61 Å². The van der Waals surface area contributed by atoms with Crippen LogP contribution >= 0.6 is 7.82 Å². The monoisotopic (exact) mass is 372 g/mol. The first kappa shape index (κ1) is 27.3. The van der Waals surface area contributed by atoms with Crippen LogP contribution in [0.15, 0.2) is 0 Å². The Hall–Kier alpha value is 1.11. The van der Waals surface area contributed by atoms with Crippen molar-refractivity contribution in [1.82, 2.24) is 0 Å². The maximum Gasteiger partial charge on any atom is 1.00 e. The topological polar surface area (TPSA) is 58.6 Å². The Morgan fingerprint density at radius 2 is 1.46 bits per heavy atom. The summed E-state index contributed by atoms with van der Waals surface area (Å²) in [4.78, 5) is 11.8. The Labute approximate surface area is 172 Å². The van der Waals surface area contributed by atoms with Crippen molar-refractivity contribution in [3.05, 3.63) is 0 Å². The van der Waals surface area contributed by atoms with E-state index in [1.54, 1.807) is 6.92 Å².